The monoisotopic (exact) mass is 394 g/mol. The Bertz CT molecular complexity index is 880. The van der Waals surface area contributed by atoms with E-state index in [2.05, 4.69) is 42.9 Å². The molecule has 0 radical (unpaired) electrons. The zero-order valence-electron chi connectivity index (χ0n) is 17.7. The normalized spacial score (nSPS) is 15.2. The van der Waals surface area contributed by atoms with Crippen LogP contribution in [0.5, 0.6) is 0 Å². The van der Waals surface area contributed by atoms with Crippen LogP contribution in [0.15, 0.2) is 42.6 Å². The lowest BCUT2D eigenvalue weighted by atomic mass is 9.86. The van der Waals surface area contributed by atoms with Crippen molar-refractivity contribution in [3.63, 3.8) is 0 Å². The molecule has 1 aromatic heterocycles. The fourth-order valence-electron chi connectivity index (χ4n) is 3.57. The van der Waals surface area contributed by atoms with Crippen LogP contribution in [-0.2, 0) is 5.41 Å². The maximum Gasteiger partial charge on any atom is 0.274 e. The Kier molecular flexibility index (Phi) is 6.33. The van der Waals surface area contributed by atoms with E-state index in [1.165, 1.54) is 6.20 Å². The molecule has 0 spiro atoms. The minimum Gasteiger partial charge on any atom is -0.336 e. The quantitative estimate of drug-likeness (QED) is 0.863. The number of amides is 2. The molecule has 154 valence electrons. The van der Waals surface area contributed by atoms with E-state index in [-0.39, 0.29) is 22.9 Å². The van der Waals surface area contributed by atoms with E-state index >= 15 is 0 Å². The van der Waals surface area contributed by atoms with Crippen LogP contribution in [0.4, 0.5) is 5.69 Å². The molecule has 0 bridgehead atoms. The van der Waals surface area contributed by atoms with Gasteiger partial charge < -0.3 is 15.1 Å². The Hall–Kier alpha value is -2.73. The number of benzene rings is 1. The van der Waals surface area contributed by atoms with Gasteiger partial charge in [-0.05, 0) is 35.7 Å². The zero-order chi connectivity index (χ0) is 21.0. The maximum absolute atomic E-state index is 12.9. The summed E-state index contributed by atoms with van der Waals surface area (Å²) in [6.45, 7) is 12.6. The summed E-state index contributed by atoms with van der Waals surface area (Å²) < 4.78 is 0. The molecule has 6 heteroatoms. The lowest BCUT2D eigenvalue weighted by Crippen LogP contribution is -2.48. The van der Waals surface area contributed by atoms with E-state index in [1.54, 1.807) is 12.1 Å². The smallest absolute Gasteiger partial charge is 0.274 e. The predicted molar refractivity (Wildman–Crippen MR) is 115 cm³/mol. The molecule has 1 saturated heterocycles. The number of hydrogen-bond acceptors (Lipinski definition) is 4. The fraction of sp³-hybridized carbons (Fsp3) is 0.435. The molecule has 0 atom stereocenters. The topological polar surface area (TPSA) is 65.5 Å². The van der Waals surface area contributed by atoms with Crippen molar-refractivity contribution in [2.45, 2.75) is 33.1 Å². The van der Waals surface area contributed by atoms with Crippen molar-refractivity contribution in [2.24, 2.45) is 0 Å². The number of aromatic nitrogens is 1. The second kappa shape index (κ2) is 8.74. The van der Waals surface area contributed by atoms with E-state index in [9.17, 15) is 9.59 Å². The van der Waals surface area contributed by atoms with Gasteiger partial charge in [-0.25, -0.2) is 0 Å². The van der Waals surface area contributed by atoms with E-state index in [0.717, 1.165) is 30.9 Å². The summed E-state index contributed by atoms with van der Waals surface area (Å²) in [5, 5.41) is 2.96. The Morgan fingerprint density at radius 1 is 1.07 bits per heavy atom. The highest BCUT2D eigenvalue weighted by atomic mass is 16.2. The third kappa shape index (κ3) is 5.01. The Morgan fingerprint density at radius 2 is 1.76 bits per heavy atom. The zero-order valence-corrected chi connectivity index (χ0v) is 17.7. The lowest BCUT2D eigenvalue weighted by Gasteiger charge is -2.34. The summed E-state index contributed by atoms with van der Waals surface area (Å²) in [5.41, 5.74) is 2.45. The number of pyridine rings is 1. The summed E-state index contributed by atoms with van der Waals surface area (Å²) in [6, 6.07) is 11.0. The standard InChI is InChI=1S/C23H30N4O2/c1-5-26-12-14-27(15-13-26)22(29)17-10-11-24-20(16-17)21(28)25-19-9-7-6-8-18(19)23(2,3)4/h6-11,16H,5,12-15H2,1-4H3,(H,25,28). The van der Waals surface area contributed by atoms with Crippen LogP contribution in [0.1, 0.15) is 54.1 Å². The Balaban J connectivity index is 1.75. The van der Waals surface area contributed by atoms with Gasteiger partial charge in [0.25, 0.3) is 11.8 Å². The maximum atomic E-state index is 12.9. The average Bonchev–Trinajstić information content (AvgIpc) is 2.73. The van der Waals surface area contributed by atoms with Crippen molar-refractivity contribution >= 4 is 17.5 Å². The highest BCUT2D eigenvalue weighted by molar-refractivity contribution is 6.05. The van der Waals surface area contributed by atoms with Crippen molar-refractivity contribution in [1.29, 1.82) is 0 Å². The van der Waals surface area contributed by atoms with Gasteiger partial charge in [0, 0.05) is 43.6 Å². The van der Waals surface area contributed by atoms with Crippen LogP contribution in [-0.4, -0.2) is 59.3 Å². The first-order valence-corrected chi connectivity index (χ1v) is 10.2. The number of para-hydroxylation sites is 1. The molecule has 1 aliphatic rings. The Labute approximate surface area is 172 Å². The lowest BCUT2D eigenvalue weighted by molar-refractivity contribution is 0.0643. The highest BCUT2D eigenvalue weighted by Gasteiger charge is 2.23. The largest absolute Gasteiger partial charge is 0.336 e. The van der Waals surface area contributed by atoms with E-state index in [4.69, 9.17) is 0 Å². The van der Waals surface area contributed by atoms with Crippen LogP contribution < -0.4 is 5.32 Å². The molecule has 1 N–H and O–H groups in total. The molecule has 0 unspecified atom stereocenters. The molecule has 3 rings (SSSR count). The molecule has 1 fully saturated rings. The van der Waals surface area contributed by atoms with E-state index < -0.39 is 0 Å². The van der Waals surface area contributed by atoms with Gasteiger partial charge >= 0.3 is 0 Å². The number of hydrogen-bond donors (Lipinski definition) is 1. The van der Waals surface area contributed by atoms with Crippen LogP contribution >= 0.6 is 0 Å². The van der Waals surface area contributed by atoms with Crippen LogP contribution in [0, 0.1) is 0 Å². The number of carbonyl (C=O) groups is 2. The van der Waals surface area contributed by atoms with E-state index in [0.29, 0.717) is 18.7 Å². The molecular weight excluding hydrogens is 364 g/mol. The SMILES string of the molecule is CCN1CCN(C(=O)c2ccnc(C(=O)Nc3ccccc3C(C)(C)C)c2)CC1. The van der Waals surface area contributed by atoms with Crippen LogP contribution in [0.3, 0.4) is 0 Å². The average molecular weight is 395 g/mol. The first-order chi connectivity index (χ1) is 13.8. The van der Waals surface area contributed by atoms with Gasteiger partial charge in [0.05, 0.1) is 0 Å². The van der Waals surface area contributed by atoms with Crippen LogP contribution in [0.25, 0.3) is 0 Å². The second-order valence-corrected chi connectivity index (χ2v) is 8.41. The second-order valence-electron chi connectivity index (χ2n) is 8.41. The van der Waals surface area contributed by atoms with Crippen molar-refractivity contribution < 1.29 is 9.59 Å². The molecule has 2 heterocycles. The molecule has 1 aromatic carbocycles. The minimum absolute atomic E-state index is 0.0488. The molecule has 2 amide bonds. The Morgan fingerprint density at radius 3 is 2.41 bits per heavy atom. The number of anilines is 1. The molecular formula is C23H30N4O2. The molecule has 2 aromatic rings. The summed E-state index contributed by atoms with van der Waals surface area (Å²) in [4.78, 5) is 34.0. The third-order valence-electron chi connectivity index (χ3n) is 5.33. The van der Waals surface area contributed by atoms with Gasteiger partial charge in [-0.1, -0.05) is 45.9 Å². The van der Waals surface area contributed by atoms with Crippen molar-refractivity contribution in [2.75, 3.05) is 38.0 Å². The van der Waals surface area contributed by atoms with Gasteiger partial charge in [0.2, 0.25) is 0 Å². The first-order valence-electron chi connectivity index (χ1n) is 10.2. The van der Waals surface area contributed by atoms with Crippen molar-refractivity contribution in [3.05, 3.63) is 59.4 Å². The summed E-state index contributed by atoms with van der Waals surface area (Å²) in [7, 11) is 0. The number of nitrogens with one attached hydrogen (secondary N) is 1. The predicted octanol–water partition coefficient (Wildman–Crippen LogP) is 3.41. The number of piperazine rings is 1. The molecule has 1 aliphatic heterocycles. The summed E-state index contributed by atoms with van der Waals surface area (Å²) in [6.07, 6.45) is 1.53. The van der Waals surface area contributed by atoms with Gasteiger partial charge in [0.15, 0.2) is 0 Å². The highest BCUT2D eigenvalue weighted by Crippen LogP contribution is 2.29. The van der Waals surface area contributed by atoms with Gasteiger partial charge in [-0.15, -0.1) is 0 Å². The van der Waals surface area contributed by atoms with Gasteiger partial charge in [0.1, 0.15) is 5.69 Å². The summed E-state index contributed by atoms with van der Waals surface area (Å²) in [5.74, 6) is -0.362. The summed E-state index contributed by atoms with van der Waals surface area (Å²) >= 11 is 0. The molecule has 0 aliphatic carbocycles. The van der Waals surface area contributed by atoms with Crippen molar-refractivity contribution in [3.8, 4) is 0 Å². The molecule has 29 heavy (non-hydrogen) atoms. The third-order valence-corrected chi connectivity index (χ3v) is 5.33. The number of rotatable bonds is 4. The van der Waals surface area contributed by atoms with Crippen molar-refractivity contribution in [1.82, 2.24) is 14.8 Å². The fourth-order valence-corrected chi connectivity index (χ4v) is 3.57. The molecule has 0 saturated carbocycles. The van der Waals surface area contributed by atoms with E-state index in [1.807, 2.05) is 29.2 Å². The number of nitrogens with zero attached hydrogens (tertiary/aromatic N) is 3. The first kappa shape index (κ1) is 21.0. The van der Waals surface area contributed by atoms with Gasteiger partial charge in [-0.2, -0.15) is 0 Å². The van der Waals surface area contributed by atoms with Crippen LogP contribution in [0.2, 0.25) is 0 Å². The van der Waals surface area contributed by atoms with Gasteiger partial charge in [-0.3, -0.25) is 14.6 Å². The molecule has 6 nitrogen and oxygen atoms in total. The number of likely N-dealkylation sites (N-methyl/N-ethyl adjacent to an activating group) is 1. The minimum atomic E-state index is -0.313. The number of carbonyl (C=O) groups excluding carboxylic acids is 2.